The van der Waals surface area contributed by atoms with Gasteiger partial charge in [-0.2, -0.15) is 10.1 Å². The van der Waals surface area contributed by atoms with Crippen LogP contribution in [0.15, 0.2) is 4.52 Å². The van der Waals surface area contributed by atoms with Gasteiger partial charge in [-0.05, 0) is 25.7 Å². The molecule has 0 aliphatic carbocycles. The van der Waals surface area contributed by atoms with Crippen molar-refractivity contribution in [1.82, 2.24) is 19.9 Å². The van der Waals surface area contributed by atoms with Crippen LogP contribution in [0.25, 0.3) is 0 Å². The summed E-state index contributed by atoms with van der Waals surface area (Å²) >= 11 is 6.67. The predicted octanol–water partition coefficient (Wildman–Crippen LogP) is 4.35. The number of nitrogens with zero attached hydrogens (tertiary/aromatic N) is 5. The van der Waals surface area contributed by atoms with Gasteiger partial charge in [-0.25, -0.2) is 0 Å². The van der Waals surface area contributed by atoms with Crippen LogP contribution in [-0.4, -0.2) is 26.5 Å². The molecule has 0 bridgehead atoms. The molecule has 0 amide bonds. The molecule has 2 aromatic rings. The number of rotatable bonds is 5. The molecule has 2 aromatic heterocycles. The Balaban J connectivity index is 1.91. The third kappa shape index (κ3) is 3.16. The van der Waals surface area contributed by atoms with Crippen LogP contribution in [0, 0.1) is 12.8 Å². The quantitative estimate of drug-likeness (QED) is 0.801. The summed E-state index contributed by atoms with van der Waals surface area (Å²) in [5, 5.41) is 9.48. The summed E-state index contributed by atoms with van der Waals surface area (Å²) in [6.45, 7) is 12.2. The van der Waals surface area contributed by atoms with Crippen LogP contribution in [0.5, 0.6) is 0 Å². The zero-order valence-electron chi connectivity index (χ0n) is 15.1. The van der Waals surface area contributed by atoms with Crippen molar-refractivity contribution in [3.8, 4) is 0 Å². The first-order valence-electron chi connectivity index (χ1n) is 8.71. The Bertz CT molecular complexity index is 706. The van der Waals surface area contributed by atoms with E-state index in [-0.39, 0.29) is 12.0 Å². The molecule has 3 heterocycles. The Morgan fingerprint density at radius 2 is 2.04 bits per heavy atom. The van der Waals surface area contributed by atoms with Gasteiger partial charge in [-0.15, -0.1) is 0 Å². The largest absolute Gasteiger partial charge is 0.324 e. The zero-order valence-corrected chi connectivity index (χ0v) is 15.8. The Morgan fingerprint density at radius 1 is 1.29 bits per heavy atom. The average molecular weight is 352 g/mol. The standard InChI is InChI=1S/C17H26ClN5O/c1-10(2)9-23-15(18)14(12(5)20-23)13-7-6-8-22(13)17-19-16(11(3)4)21-24-17/h10-11,13H,6-9H2,1-5H3. The van der Waals surface area contributed by atoms with E-state index in [1.165, 1.54) is 0 Å². The summed E-state index contributed by atoms with van der Waals surface area (Å²) in [4.78, 5) is 6.73. The molecule has 1 atom stereocenters. The number of hydrogen-bond donors (Lipinski definition) is 0. The lowest BCUT2D eigenvalue weighted by molar-refractivity contribution is 0.401. The monoisotopic (exact) mass is 351 g/mol. The minimum atomic E-state index is 0.152. The SMILES string of the molecule is Cc1nn(CC(C)C)c(Cl)c1C1CCCN1c1nc(C(C)C)no1. The lowest BCUT2D eigenvalue weighted by atomic mass is 10.1. The molecule has 1 fully saturated rings. The average Bonchev–Trinajstić information content (AvgIpc) is 3.18. The molecule has 0 radical (unpaired) electrons. The van der Waals surface area contributed by atoms with Crippen molar-refractivity contribution in [2.45, 2.75) is 66.0 Å². The molecule has 6 nitrogen and oxygen atoms in total. The fourth-order valence-electron chi connectivity index (χ4n) is 3.29. The molecular formula is C17H26ClN5O. The van der Waals surface area contributed by atoms with Gasteiger partial charge in [0.25, 0.3) is 0 Å². The van der Waals surface area contributed by atoms with Gasteiger partial charge in [-0.3, -0.25) is 4.68 Å². The van der Waals surface area contributed by atoms with Crippen molar-refractivity contribution in [2.75, 3.05) is 11.4 Å². The third-order valence-corrected chi connectivity index (χ3v) is 4.83. The molecule has 1 aliphatic heterocycles. The number of halogens is 1. The predicted molar refractivity (Wildman–Crippen MR) is 94.5 cm³/mol. The van der Waals surface area contributed by atoms with Crippen molar-refractivity contribution in [1.29, 1.82) is 0 Å². The van der Waals surface area contributed by atoms with Crippen LogP contribution in [0.4, 0.5) is 6.01 Å². The molecule has 0 aromatic carbocycles. The molecule has 7 heteroatoms. The lowest BCUT2D eigenvalue weighted by Crippen LogP contribution is -2.23. The van der Waals surface area contributed by atoms with Gasteiger partial charge in [-0.1, -0.05) is 44.5 Å². The van der Waals surface area contributed by atoms with Crippen LogP contribution >= 0.6 is 11.6 Å². The fourth-order valence-corrected chi connectivity index (χ4v) is 3.66. The van der Waals surface area contributed by atoms with Gasteiger partial charge in [0.15, 0.2) is 5.82 Å². The van der Waals surface area contributed by atoms with E-state index in [1.54, 1.807) is 0 Å². The highest BCUT2D eigenvalue weighted by molar-refractivity contribution is 6.30. The molecule has 24 heavy (non-hydrogen) atoms. The van der Waals surface area contributed by atoms with E-state index in [1.807, 2.05) is 11.6 Å². The maximum Gasteiger partial charge on any atom is 0.324 e. The summed E-state index contributed by atoms with van der Waals surface area (Å²) < 4.78 is 7.42. The highest BCUT2D eigenvalue weighted by atomic mass is 35.5. The number of aryl methyl sites for hydroxylation is 1. The summed E-state index contributed by atoms with van der Waals surface area (Å²) in [5.41, 5.74) is 2.08. The van der Waals surface area contributed by atoms with Crippen LogP contribution < -0.4 is 4.90 Å². The van der Waals surface area contributed by atoms with Crippen molar-refractivity contribution in [2.24, 2.45) is 5.92 Å². The Kier molecular flexibility index (Phi) is 4.85. The van der Waals surface area contributed by atoms with Gasteiger partial charge >= 0.3 is 6.01 Å². The van der Waals surface area contributed by atoms with Gasteiger partial charge in [0.05, 0.1) is 11.7 Å². The topological polar surface area (TPSA) is 60.0 Å². The summed E-state index contributed by atoms with van der Waals surface area (Å²) in [7, 11) is 0. The number of anilines is 1. The molecule has 1 saturated heterocycles. The molecule has 1 unspecified atom stereocenters. The van der Waals surface area contributed by atoms with E-state index in [4.69, 9.17) is 16.1 Å². The van der Waals surface area contributed by atoms with E-state index in [0.717, 1.165) is 48.2 Å². The molecule has 0 spiro atoms. The number of hydrogen-bond acceptors (Lipinski definition) is 5. The van der Waals surface area contributed by atoms with Crippen molar-refractivity contribution in [3.63, 3.8) is 0 Å². The van der Waals surface area contributed by atoms with Crippen LogP contribution in [0.3, 0.4) is 0 Å². The molecule has 3 rings (SSSR count). The first-order valence-corrected chi connectivity index (χ1v) is 9.09. The first-order chi connectivity index (χ1) is 11.4. The Labute approximate surface area is 148 Å². The Morgan fingerprint density at radius 3 is 2.67 bits per heavy atom. The van der Waals surface area contributed by atoms with E-state index < -0.39 is 0 Å². The maximum absolute atomic E-state index is 6.67. The maximum atomic E-state index is 6.67. The minimum absolute atomic E-state index is 0.152. The van der Waals surface area contributed by atoms with Crippen LogP contribution in [0.1, 0.15) is 69.6 Å². The Hall–Kier alpha value is -1.56. The van der Waals surface area contributed by atoms with E-state index in [9.17, 15) is 0 Å². The molecular weight excluding hydrogens is 326 g/mol. The van der Waals surface area contributed by atoms with Gasteiger partial charge in [0, 0.05) is 24.6 Å². The van der Waals surface area contributed by atoms with Crippen LogP contribution in [-0.2, 0) is 6.54 Å². The van der Waals surface area contributed by atoms with E-state index in [0.29, 0.717) is 11.9 Å². The highest BCUT2D eigenvalue weighted by Crippen LogP contribution is 2.40. The van der Waals surface area contributed by atoms with E-state index >= 15 is 0 Å². The van der Waals surface area contributed by atoms with E-state index in [2.05, 4.69) is 47.8 Å². The second-order valence-electron chi connectivity index (χ2n) is 7.31. The molecule has 132 valence electrons. The molecule has 0 N–H and O–H groups in total. The van der Waals surface area contributed by atoms with Gasteiger partial charge < -0.3 is 9.42 Å². The fraction of sp³-hybridized carbons (Fsp3) is 0.706. The van der Waals surface area contributed by atoms with Gasteiger partial charge in [0.2, 0.25) is 0 Å². The minimum Gasteiger partial charge on any atom is -0.317 e. The zero-order chi connectivity index (χ0) is 17.4. The number of aromatic nitrogens is 4. The smallest absolute Gasteiger partial charge is 0.317 e. The second kappa shape index (κ2) is 6.75. The summed E-state index contributed by atoms with van der Waals surface area (Å²) in [6, 6.07) is 0.743. The normalized spacial score (nSPS) is 18.3. The van der Waals surface area contributed by atoms with Crippen molar-refractivity contribution >= 4 is 17.6 Å². The third-order valence-electron chi connectivity index (χ3n) is 4.43. The van der Waals surface area contributed by atoms with Crippen molar-refractivity contribution in [3.05, 3.63) is 22.2 Å². The van der Waals surface area contributed by atoms with Gasteiger partial charge in [0.1, 0.15) is 5.15 Å². The second-order valence-corrected chi connectivity index (χ2v) is 7.67. The summed E-state index contributed by atoms with van der Waals surface area (Å²) in [5.74, 6) is 1.50. The highest BCUT2D eigenvalue weighted by Gasteiger charge is 2.34. The van der Waals surface area contributed by atoms with Crippen molar-refractivity contribution < 1.29 is 4.52 Å². The van der Waals surface area contributed by atoms with Crippen LogP contribution in [0.2, 0.25) is 5.15 Å². The summed E-state index contributed by atoms with van der Waals surface area (Å²) in [6.07, 6.45) is 2.10. The lowest BCUT2D eigenvalue weighted by Gasteiger charge is -2.22. The molecule has 0 saturated carbocycles. The molecule has 1 aliphatic rings. The first kappa shape index (κ1) is 17.3.